The number of amides is 1. The van der Waals surface area contributed by atoms with Crippen molar-refractivity contribution in [3.05, 3.63) is 12.7 Å². The summed E-state index contributed by atoms with van der Waals surface area (Å²) in [5, 5.41) is 0. The van der Waals surface area contributed by atoms with Crippen molar-refractivity contribution in [1.82, 2.24) is 10.3 Å². The fourth-order valence-electron chi connectivity index (χ4n) is 0.888. The number of rotatable bonds is 3. The lowest BCUT2D eigenvalue weighted by atomic mass is 10.4. The molecule has 0 aliphatic carbocycles. The van der Waals surface area contributed by atoms with Gasteiger partial charge in [0.15, 0.2) is 0 Å². The normalized spacial score (nSPS) is 29.3. The molecule has 0 saturated carbocycles. The van der Waals surface area contributed by atoms with E-state index in [1.165, 1.54) is 0 Å². The number of carbonyl (C=O) groups is 1. The largest absolute Gasteiger partial charge is 0.293 e. The molecule has 0 aromatic carbocycles. The van der Waals surface area contributed by atoms with Crippen molar-refractivity contribution in [2.45, 2.75) is 6.04 Å². The van der Waals surface area contributed by atoms with E-state index in [-0.39, 0.29) is 11.9 Å². The van der Waals surface area contributed by atoms with Gasteiger partial charge in [0.1, 0.15) is 6.04 Å². The van der Waals surface area contributed by atoms with Crippen LogP contribution in [-0.4, -0.2) is 29.9 Å². The fourth-order valence-corrected chi connectivity index (χ4v) is 0.888. The van der Waals surface area contributed by atoms with Crippen molar-refractivity contribution in [2.24, 2.45) is 5.84 Å². The van der Waals surface area contributed by atoms with Gasteiger partial charge >= 0.3 is 0 Å². The van der Waals surface area contributed by atoms with Gasteiger partial charge in [0.25, 0.3) is 5.91 Å². The van der Waals surface area contributed by atoms with Crippen molar-refractivity contribution < 1.29 is 4.79 Å². The van der Waals surface area contributed by atoms with Gasteiger partial charge in [-0.2, -0.15) is 0 Å². The predicted molar refractivity (Wildman–Crippen MR) is 37.9 cm³/mol. The molecule has 10 heavy (non-hydrogen) atoms. The smallest absolute Gasteiger partial charge is 0.252 e. The van der Waals surface area contributed by atoms with E-state index in [1.54, 1.807) is 6.08 Å². The van der Waals surface area contributed by atoms with E-state index in [2.05, 4.69) is 12.0 Å². The summed E-state index contributed by atoms with van der Waals surface area (Å²) in [6, 6.07) is -0.0111. The minimum Gasteiger partial charge on any atom is -0.293 e. The Kier molecular flexibility index (Phi) is 2.03. The Bertz CT molecular complexity index is 157. The molecule has 4 nitrogen and oxygen atoms in total. The molecule has 0 radical (unpaired) electrons. The second-order valence-corrected chi connectivity index (χ2v) is 2.27. The highest BCUT2D eigenvalue weighted by Crippen LogP contribution is 2.15. The third-order valence-electron chi connectivity index (χ3n) is 1.52. The topological polar surface area (TPSA) is 58.1 Å². The first-order valence-corrected chi connectivity index (χ1v) is 3.15. The van der Waals surface area contributed by atoms with E-state index in [1.807, 2.05) is 4.90 Å². The molecule has 1 saturated heterocycles. The molecule has 0 aromatic rings. The molecule has 0 spiro atoms. The molecule has 0 bridgehead atoms. The minimum atomic E-state index is -0.109. The van der Waals surface area contributed by atoms with Crippen molar-refractivity contribution in [2.75, 3.05) is 13.1 Å². The average molecular weight is 141 g/mol. The summed E-state index contributed by atoms with van der Waals surface area (Å²) in [5.41, 5.74) is 2.10. The van der Waals surface area contributed by atoms with E-state index < -0.39 is 0 Å². The van der Waals surface area contributed by atoms with Crippen LogP contribution in [0.25, 0.3) is 0 Å². The van der Waals surface area contributed by atoms with Crippen molar-refractivity contribution >= 4 is 5.91 Å². The van der Waals surface area contributed by atoms with Crippen LogP contribution >= 0.6 is 0 Å². The summed E-state index contributed by atoms with van der Waals surface area (Å²) >= 11 is 0. The zero-order valence-corrected chi connectivity index (χ0v) is 5.71. The highest BCUT2D eigenvalue weighted by atomic mass is 16.2. The van der Waals surface area contributed by atoms with Gasteiger partial charge in [-0.1, -0.05) is 6.08 Å². The van der Waals surface area contributed by atoms with E-state index in [0.29, 0.717) is 0 Å². The van der Waals surface area contributed by atoms with Gasteiger partial charge in [0.2, 0.25) is 0 Å². The molecule has 1 aliphatic rings. The maximum Gasteiger partial charge on any atom is 0.252 e. The fraction of sp³-hybridized carbons (Fsp3) is 0.500. The van der Waals surface area contributed by atoms with E-state index in [4.69, 9.17) is 5.84 Å². The summed E-state index contributed by atoms with van der Waals surface area (Å²) in [7, 11) is 0. The molecule has 1 heterocycles. The lowest BCUT2D eigenvalue weighted by Gasteiger charge is -1.96. The SMILES string of the molecule is C=CCN1CC1C(=O)NN. The summed E-state index contributed by atoms with van der Waals surface area (Å²) in [6.07, 6.45) is 1.77. The van der Waals surface area contributed by atoms with Crippen molar-refractivity contribution in [3.8, 4) is 0 Å². The van der Waals surface area contributed by atoms with E-state index >= 15 is 0 Å². The summed E-state index contributed by atoms with van der Waals surface area (Å²) in [6.45, 7) is 5.12. The van der Waals surface area contributed by atoms with Crippen LogP contribution in [0.5, 0.6) is 0 Å². The molecule has 4 heteroatoms. The zero-order chi connectivity index (χ0) is 7.56. The Balaban J connectivity index is 2.24. The molecule has 0 aromatic heterocycles. The number of nitrogens with two attached hydrogens (primary N) is 1. The Labute approximate surface area is 59.6 Å². The molecule has 2 unspecified atom stereocenters. The Morgan fingerprint density at radius 1 is 2.00 bits per heavy atom. The van der Waals surface area contributed by atoms with Gasteiger partial charge in [-0.3, -0.25) is 15.1 Å². The van der Waals surface area contributed by atoms with Crippen LogP contribution < -0.4 is 11.3 Å². The second kappa shape index (κ2) is 2.81. The number of nitrogens with zero attached hydrogens (tertiary/aromatic N) is 1. The third-order valence-corrected chi connectivity index (χ3v) is 1.52. The maximum absolute atomic E-state index is 10.7. The number of hydrogen-bond acceptors (Lipinski definition) is 3. The van der Waals surface area contributed by atoms with Crippen molar-refractivity contribution in [3.63, 3.8) is 0 Å². The van der Waals surface area contributed by atoms with Crippen LogP contribution in [0.15, 0.2) is 12.7 Å². The molecule has 1 aliphatic heterocycles. The van der Waals surface area contributed by atoms with Crippen LogP contribution in [0.4, 0.5) is 0 Å². The average Bonchev–Trinajstić information content (AvgIpc) is 2.67. The first-order valence-electron chi connectivity index (χ1n) is 3.15. The van der Waals surface area contributed by atoms with Gasteiger partial charge in [-0.05, 0) is 0 Å². The number of hydrazine groups is 1. The van der Waals surface area contributed by atoms with E-state index in [9.17, 15) is 4.79 Å². The van der Waals surface area contributed by atoms with Crippen LogP contribution in [0.1, 0.15) is 0 Å². The standard InChI is InChI=1S/C6H11N3O/c1-2-3-9-4-5(9)6(10)8-7/h2,5H,1,3-4,7H2,(H,8,10). The zero-order valence-electron chi connectivity index (χ0n) is 5.71. The number of carbonyl (C=O) groups excluding carboxylic acids is 1. The van der Waals surface area contributed by atoms with Crippen molar-refractivity contribution in [1.29, 1.82) is 0 Å². The summed E-state index contributed by atoms with van der Waals surface area (Å²) in [4.78, 5) is 12.7. The second-order valence-electron chi connectivity index (χ2n) is 2.27. The summed E-state index contributed by atoms with van der Waals surface area (Å²) in [5.74, 6) is 4.81. The molecule has 3 N–H and O–H groups in total. The monoisotopic (exact) mass is 141 g/mol. The maximum atomic E-state index is 10.7. The quantitative estimate of drug-likeness (QED) is 0.171. The summed E-state index contributed by atoms with van der Waals surface area (Å²) < 4.78 is 0. The molecule has 1 fully saturated rings. The molecular formula is C6H11N3O. The number of hydrogen-bond donors (Lipinski definition) is 2. The van der Waals surface area contributed by atoms with Gasteiger partial charge in [0, 0.05) is 13.1 Å². The molecule has 2 atom stereocenters. The Morgan fingerprint density at radius 2 is 2.70 bits per heavy atom. The van der Waals surface area contributed by atoms with Gasteiger partial charge in [-0.15, -0.1) is 6.58 Å². The van der Waals surface area contributed by atoms with Crippen LogP contribution in [0, 0.1) is 0 Å². The predicted octanol–water partition coefficient (Wildman–Crippen LogP) is -1.15. The van der Waals surface area contributed by atoms with Gasteiger partial charge < -0.3 is 0 Å². The highest BCUT2D eigenvalue weighted by Gasteiger charge is 2.38. The third kappa shape index (κ3) is 1.34. The van der Waals surface area contributed by atoms with Crippen LogP contribution in [0.2, 0.25) is 0 Å². The molecule has 1 amide bonds. The van der Waals surface area contributed by atoms with Gasteiger partial charge in [0.05, 0.1) is 0 Å². The first kappa shape index (κ1) is 7.24. The van der Waals surface area contributed by atoms with Gasteiger partial charge in [-0.25, -0.2) is 5.84 Å². The Hall–Kier alpha value is -0.870. The van der Waals surface area contributed by atoms with E-state index in [0.717, 1.165) is 13.1 Å². The molecule has 56 valence electrons. The first-order chi connectivity index (χ1) is 4.79. The minimum absolute atomic E-state index is 0.0111. The lowest BCUT2D eigenvalue weighted by Crippen LogP contribution is -2.35. The van der Waals surface area contributed by atoms with Crippen LogP contribution in [-0.2, 0) is 4.79 Å². The van der Waals surface area contributed by atoms with Crippen LogP contribution in [0.3, 0.4) is 0 Å². The molecular weight excluding hydrogens is 130 g/mol. The highest BCUT2D eigenvalue weighted by molar-refractivity contribution is 5.84. The Morgan fingerprint density at radius 3 is 3.20 bits per heavy atom. The molecule has 1 rings (SSSR count). The number of nitrogens with one attached hydrogen (secondary N) is 1. The lowest BCUT2D eigenvalue weighted by molar-refractivity contribution is -0.121.